The third kappa shape index (κ3) is 4.72. The summed E-state index contributed by atoms with van der Waals surface area (Å²) in [5.74, 6) is 0.618. The van der Waals surface area contributed by atoms with E-state index in [1.54, 1.807) is 12.3 Å². The fraction of sp³-hybridized carbons (Fsp3) is 0.419. The third-order valence-electron chi connectivity index (χ3n) is 9.09. The highest BCUT2D eigenvalue weighted by molar-refractivity contribution is 7.19. The van der Waals surface area contributed by atoms with Crippen LogP contribution in [0.4, 0.5) is 18.9 Å². The Labute approximate surface area is 254 Å². The number of rotatable bonds is 6. The van der Waals surface area contributed by atoms with E-state index in [0.717, 1.165) is 45.1 Å². The summed E-state index contributed by atoms with van der Waals surface area (Å²) in [6.07, 6.45) is -0.906. The molecule has 2 fully saturated rings. The Bertz CT molecular complexity index is 1880. The topological polar surface area (TPSA) is 116 Å². The van der Waals surface area contributed by atoms with Gasteiger partial charge in [0, 0.05) is 52.5 Å². The highest BCUT2D eigenvalue weighted by Gasteiger charge is 2.64. The van der Waals surface area contributed by atoms with Crippen LogP contribution in [0.1, 0.15) is 42.2 Å². The molecule has 44 heavy (non-hydrogen) atoms. The lowest BCUT2D eigenvalue weighted by Gasteiger charge is -2.38. The number of pyridine rings is 1. The van der Waals surface area contributed by atoms with Crippen LogP contribution in [0.3, 0.4) is 0 Å². The fourth-order valence-corrected chi connectivity index (χ4v) is 7.61. The highest BCUT2D eigenvalue weighted by Crippen LogP contribution is 2.58. The maximum atomic E-state index is 13.6. The molecule has 0 amide bonds. The summed E-state index contributed by atoms with van der Waals surface area (Å²) in [6, 6.07) is 10.7. The number of aliphatic hydroxyl groups is 1. The summed E-state index contributed by atoms with van der Waals surface area (Å²) in [7, 11) is 0. The zero-order valence-electron chi connectivity index (χ0n) is 23.8. The zero-order chi connectivity index (χ0) is 30.9. The van der Waals surface area contributed by atoms with Crippen molar-refractivity contribution in [2.75, 3.05) is 31.2 Å². The van der Waals surface area contributed by atoms with Gasteiger partial charge >= 0.3 is 6.18 Å². The number of halogens is 3. The molecule has 0 bridgehead atoms. The van der Waals surface area contributed by atoms with Gasteiger partial charge in [-0.15, -0.1) is 11.3 Å². The minimum atomic E-state index is -4.42. The van der Waals surface area contributed by atoms with Gasteiger partial charge in [0.05, 0.1) is 58.8 Å². The van der Waals surface area contributed by atoms with E-state index >= 15 is 0 Å². The first-order chi connectivity index (χ1) is 21.0. The van der Waals surface area contributed by atoms with Gasteiger partial charge in [-0.3, -0.25) is 9.78 Å². The summed E-state index contributed by atoms with van der Waals surface area (Å²) in [5.41, 5.74) is 0.656. The van der Waals surface area contributed by atoms with Crippen molar-refractivity contribution < 1.29 is 23.0 Å². The van der Waals surface area contributed by atoms with Crippen molar-refractivity contribution in [3.63, 3.8) is 0 Å². The van der Waals surface area contributed by atoms with Crippen LogP contribution in [0.5, 0.6) is 5.75 Å². The van der Waals surface area contributed by atoms with Gasteiger partial charge in [-0.05, 0) is 49.9 Å². The molecule has 1 saturated heterocycles. The lowest BCUT2D eigenvalue weighted by Crippen LogP contribution is -2.42. The van der Waals surface area contributed by atoms with Crippen LogP contribution in [0, 0.1) is 11.3 Å². The summed E-state index contributed by atoms with van der Waals surface area (Å²) < 4.78 is 48.8. The van der Waals surface area contributed by atoms with E-state index in [4.69, 9.17) is 4.74 Å². The Hall–Kier alpha value is -3.99. The largest absolute Gasteiger partial charge is 0.489 e. The molecule has 2 atom stereocenters. The van der Waals surface area contributed by atoms with Crippen molar-refractivity contribution in [2.45, 2.75) is 55.9 Å². The fourth-order valence-electron chi connectivity index (χ4n) is 6.48. The smallest absolute Gasteiger partial charge is 0.398 e. The van der Waals surface area contributed by atoms with Crippen molar-refractivity contribution in [3.05, 3.63) is 69.1 Å². The number of nitrogens with one attached hydrogen (secondary N) is 1. The molecule has 2 N–H and O–H groups in total. The maximum Gasteiger partial charge on any atom is 0.398 e. The van der Waals surface area contributed by atoms with Crippen LogP contribution in [-0.2, 0) is 12.0 Å². The van der Waals surface area contributed by atoms with Gasteiger partial charge in [0.1, 0.15) is 12.4 Å². The summed E-state index contributed by atoms with van der Waals surface area (Å²) >= 11 is 1.42. The van der Waals surface area contributed by atoms with Gasteiger partial charge in [0.25, 0.3) is 5.56 Å². The number of thiophene rings is 1. The van der Waals surface area contributed by atoms with Gasteiger partial charge in [-0.1, -0.05) is 0 Å². The van der Waals surface area contributed by atoms with E-state index in [2.05, 4.69) is 26.4 Å². The Morgan fingerprint density at radius 1 is 1.25 bits per heavy atom. The van der Waals surface area contributed by atoms with Crippen molar-refractivity contribution >= 4 is 27.2 Å². The molecule has 2 aliphatic heterocycles. The molecule has 3 aliphatic rings. The maximum absolute atomic E-state index is 13.6. The first kappa shape index (κ1) is 28.8. The molecule has 0 radical (unpaired) electrons. The predicted octanol–water partition coefficient (Wildman–Crippen LogP) is 4.35. The average molecular weight is 623 g/mol. The van der Waals surface area contributed by atoms with Gasteiger partial charge < -0.3 is 20.1 Å². The molecule has 9 nitrogen and oxygen atoms in total. The van der Waals surface area contributed by atoms with Crippen molar-refractivity contribution in [1.82, 2.24) is 20.1 Å². The molecule has 7 rings (SSSR count). The van der Waals surface area contributed by atoms with E-state index in [1.165, 1.54) is 16.0 Å². The number of aliphatic hydroxyl groups excluding tert-OH is 1. The monoisotopic (exact) mass is 622 g/mol. The molecular weight excluding hydrogens is 593 g/mol. The van der Waals surface area contributed by atoms with Crippen molar-refractivity contribution in [3.8, 4) is 22.9 Å². The van der Waals surface area contributed by atoms with Crippen LogP contribution in [0.15, 0.2) is 47.5 Å². The number of hydrogen-bond donors (Lipinski definition) is 2. The van der Waals surface area contributed by atoms with Crippen LogP contribution in [0.2, 0.25) is 0 Å². The zero-order valence-corrected chi connectivity index (χ0v) is 24.6. The Morgan fingerprint density at radius 3 is 2.75 bits per heavy atom. The summed E-state index contributed by atoms with van der Waals surface area (Å²) in [6.45, 7) is 3.90. The quantitative estimate of drug-likeness (QED) is 0.326. The van der Waals surface area contributed by atoms with E-state index in [9.17, 15) is 28.3 Å². The highest BCUT2D eigenvalue weighted by atomic mass is 32.1. The van der Waals surface area contributed by atoms with Gasteiger partial charge in [0.2, 0.25) is 0 Å². The number of fused-ring (bicyclic) bond motifs is 2. The number of alkyl halides is 3. The molecule has 4 aromatic rings. The van der Waals surface area contributed by atoms with Gasteiger partial charge in [-0.25, -0.2) is 4.68 Å². The SMILES string of the molecule is C[C@]1(CO)C[C@H](N2CCOc3cc(C#N)cc(-c4ccnc5cc(Cn6ncc(C7(C(F)(F)F)CC7)cc6=O)sc45)c32)CN1. The van der Waals surface area contributed by atoms with Gasteiger partial charge in [0.15, 0.2) is 0 Å². The number of anilines is 1. The molecular formula is C31H29F3N6O3S. The number of benzene rings is 1. The minimum Gasteiger partial charge on any atom is -0.489 e. The molecule has 1 aromatic carbocycles. The second kappa shape index (κ2) is 10.3. The lowest BCUT2D eigenvalue weighted by atomic mass is 9.95. The van der Waals surface area contributed by atoms with Crippen molar-refractivity contribution in [2.24, 2.45) is 0 Å². The van der Waals surface area contributed by atoms with E-state index in [0.29, 0.717) is 36.5 Å². The molecule has 3 aromatic heterocycles. The number of ether oxygens (including phenoxy) is 1. The lowest BCUT2D eigenvalue weighted by molar-refractivity contribution is -0.160. The van der Waals surface area contributed by atoms with Crippen molar-refractivity contribution in [1.29, 1.82) is 5.26 Å². The van der Waals surface area contributed by atoms with Gasteiger partial charge in [-0.2, -0.15) is 23.5 Å². The van der Waals surface area contributed by atoms with E-state index < -0.39 is 22.7 Å². The van der Waals surface area contributed by atoms with Crippen LogP contribution in [-0.4, -0.2) is 63.9 Å². The molecule has 1 saturated carbocycles. The standard InChI is InChI=1S/C31H29F3N6O3S/c1-29(17-41)12-20(15-37-29)39-6-7-43-25-9-18(13-35)8-23(27(25)39)22-2-5-36-24-11-21(44-28(22)24)16-40-26(42)10-19(14-38-40)30(3-4-30)31(32,33)34/h2,5,8-11,14,20,37,41H,3-4,6-7,12,15-17H2,1H3/t20-,29+/m0/s1. The molecule has 1 aliphatic carbocycles. The normalized spacial score (nSPS) is 22.5. The van der Waals surface area contributed by atoms with Crippen LogP contribution < -0.4 is 20.5 Å². The predicted molar refractivity (Wildman–Crippen MR) is 159 cm³/mol. The third-order valence-corrected chi connectivity index (χ3v) is 10.2. The minimum absolute atomic E-state index is 0.0216. The van der Waals surface area contributed by atoms with E-state index in [1.807, 2.05) is 25.1 Å². The van der Waals surface area contributed by atoms with E-state index in [-0.39, 0.29) is 37.6 Å². The molecule has 0 spiro atoms. The second-order valence-electron chi connectivity index (χ2n) is 12.1. The van der Waals surface area contributed by atoms with Crippen LogP contribution in [0.25, 0.3) is 21.3 Å². The Morgan fingerprint density at radius 2 is 2.07 bits per heavy atom. The average Bonchev–Trinajstić information content (AvgIpc) is 3.60. The van der Waals surface area contributed by atoms with Crippen LogP contribution >= 0.6 is 11.3 Å². The molecule has 0 unspecified atom stereocenters. The summed E-state index contributed by atoms with van der Waals surface area (Å²) in [5, 5.41) is 27.3. The number of hydrogen-bond acceptors (Lipinski definition) is 9. The first-order valence-electron chi connectivity index (χ1n) is 14.4. The number of aromatic nitrogens is 3. The second-order valence-corrected chi connectivity index (χ2v) is 13.2. The number of nitrogens with zero attached hydrogens (tertiary/aromatic N) is 5. The molecule has 5 heterocycles. The first-order valence-corrected chi connectivity index (χ1v) is 15.2. The number of nitriles is 1. The molecule has 228 valence electrons. The Balaban J connectivity index is 1.27. The summed E-state index contributed by atoms with van der Waals surface area (Å²) in [4.78, 5) is 20.5. The molecule has 13 heteroatoms. The Kier molecular flexibility index (Phi) is 6.73.